The van der Waals surface area contributed by atoms with Gasteiger partial charge in [0.05, 0.1) is 5.69 Å². The Kier molecular flexibility index (Phi) is 4.35. The number of hydrogen-bond donors (Lipinski definition) is 2. The predicted molar refractivity (Wildman–Crippen MR) is 80.4 cm³/mol. The first kappa shape index (κ1) is 15.2. The number of likely N-dealkylation sites (N-methyl/N-ethyl adjacent to an activating group) is 1. The van der Waals surface area contributed by atoms with Gasteiger partial charge in [-0.15, -0.1) is 0 Å². The van der Waals surface area contributed by atoms with Crippen molar-refractivity contribution in [3.63, 3.8) is 0 Å². The second-order valence-corrected chi connectivity index (χ2v) is 5.44. The normalized spacial score (nSPS) is 17.3. The Balaban J connectivity index is 2.07. The van der Waals surface area contributed by atoms with E-state index in [0.717, 1.165) is 11.3 Å². The third-order valence-corrected chi connectivity index (χ3v) is 3.24. The lowest BCUT2D eigenvalue weighted by atomic mass is 10.1. The molecule has 1 heterocycles. The smallest absolute Gasteiger partial charge is 0.315 e. The molecule has 1 atom stereocenters. The van der Waals surface area contributed by atoms with Crippen LogP contribution in [0.4, 0.5) is 10.5 Å². The Hall–Kier alpha value is -2.24. The molecular formula is C15H21N3O3. The lowest BCUT2D eigenvalue weighted by Crippen LogP contribution is -2.42. The molecule has 1 unspecified atom stereocenters. The summed E-state index contributed by atoms with van der Waals surface area (Å²) in [6.07, 6.45) is -0.469. The van der Waals surface area contributed by atoms with E-state index in [0.29, 0.717) is 12.3 Å². The van der Waals surface area contributed by atoms with Crippen LogP contribution in [0.3, 0.4) is 0 Å². The SMILES string of the molecule is CC(C)NC(=O)NCc1ccc2c(c1)N(C)C(=O)C(C)O2. The Morgan fingerprint density at radius 2 is 2.14 bits per heavy atom. The van der Waals surface area contributed by atoms with E-state index in [-0.39, 0.29) is 18.0 Å². The molecule has 21 heavy (non-hydrogen) atoms. The maximum absolute atomic E-state index is 11.9. The van der Waals surface area contributed by atoms with Crippen LogP contribution >= 0.6 is 0 Å². The number of anilines is 1. The van der Waals surface area contributed by atoms with Crippen LogP contribution in [0, 0.1) is 0 Å². The monoisotopic (exact) mass is 291 g/mol. The maximum Gasteiger partial charge on any atom is 0.315 e. The molecule has 0 aliphatic carbocycles. The predicted octanol–water partition coefficient (Wildman–Crippen LogP) is 1.64. The molecule has 0 saturated heterocycles. The summed E-state index contributed by atoms with van der Waals surface area (Å²) in [5.74, 6) is 0.602. The van der Waals surface area contributed by atoms with E-state index in [1.165, 1.54) is 0 Å². The van der Waals surface area contributed by atoms with Crippen molar-refractivity contribution < 1.29 is 14.3 Å². The third kappa shape index (κ3) is 3.45. The second kappa shape index (κ2) is 6.03. The molecule has 0 bridgehead atoms. The fourth-order valence-electron chi connectivity index (χ4n) is 2.16. The molecule has 6 heteroatoms. The summed E-state index contributed by atoms with van der Waals surface area (Å²) < 4.78 is 5.56. The first-order valence-corrected chi connectivity index (χ1v) is 7.00. The molecular weight excluding hydrogens is 270 g/mol. The van der Waals surface area contributed by atoms with E-state index in [4.69, 9.17) is 4.74 Å². The standard InChI is InChI=1S/C15H21N3O3/c1-9(2)17-15(20)16-8-11-5-6-13-12(7-11)18(4)14(19)10(3)21-13/h5-7,9-10H,8H2,1-4H3,(H2,16,17,20). The first-order chi connectivity index (χ1) is 9.88. The molecule has 0 spiro atoms. The van der Waals surface area contributed by atoms with E-state index in [1.807, 2.05) is 32.0 Å². The molecule has 1 aliphatic rings. The molecule has 0 radical (unpaired) electrons. The molecule has 114 valence electrons. The number of benzene rings is 1. The highest BCUT2D eigenvalue weighted by Gasteiger charge is 2.28. The zero-order chi connectivity index (χ0) is 15.6. The molecule has 0 fully saturated rings. The van der Waals surface area contributed by atoms with Gasteiger partial charge in [-0.25, -0.2) is 4.79 Å². The van der Waals surface area contributed by atoms with E-state index in [2.05, 4.69) is 10.6 Å². The van der Waals surface area contributed by atoms with Gasteiger partial charge in [-0.05, 0) is 38.5 Å². The van der Waals surface area contributed by atoms with Crippen molar-refractivity contribution in [3.8, 4) is 5.75 Å². The highest BCUT2D eigenvalue weighted by atomic mass is 16.5. The molecule has 1 aromatic carbocycles. The Bertz CT molecular complexity index is 557. The van der Waals surface area contributed by atoms with Crippen molar-refractivity contribution in [3.05, 3.63) is 23.8 Å². The van der Waals surface area contributed by atoms with Gasteiger partial charge < -0.3 is 20.3 Å². The minimum Gasteiger partial charge on any atom is -0.479 e. The van der Waals surface area contributed by atoms with Gasteiger partial charge in [0.2, 0.25) is 0 Å². The molecule has 0 saturated carbocycles. The van der Waals surface area contributed by atoms with Crippen molar-refractivity contribution in [2.24, 2.45) is 0 Å². The van der Waals surface area contributed by atoms with Crippen molar-refractivity contribution in [1.82, 2.24) is 10.6 Å². The van der Waals surface area contributed by atoms with Crippen LogP contribution in [0.25, 0.3) is 0 Å². The number of carbonyl (C=O) groups excluding carboxylic acids is 2. The molecule has 2 N–H and O–H groups in total. The van der Waals surface area contributed by atoms with Gasteiger partial charge in [-0.3, -0.25) is 4.79 Å². The quantitative estimate of drug-likeness (QED) is 0.889. The van der Waals surface area contributed by atoms with Gasteiger partial charge in [0.1, 0.15) is 5.75 Å². The van der Waals surface area contributed by atoms with Gasteiger partial charge in [0.25, 0.3) is 5.91 Å². The van der Waals surface area contributed by atoms with Crippen molar-refractivity contribution in [1.29, 1.82) is 0 Å². The van der Waals surface area contributed by atoms with Crippen molar-refractivity contribution >= 4 is 17.6 Å². The van der Waals surface area contributed by atoms with E-state index >= 15 is 0 Å². The highest BCUT2D eigenvalue weighted by Crippen LogP contribution is 2.33. The topological polar surface area (TPSA) is 70.7 Å². The van der Waals surface area contributed by atoms with Crippen LogP contribution in [-0.4, -0.2) is 31.1 Å². The minimum absolute atomic E-state index is 0.0786. The first-order valence-electron chi connectivity index (χ1n) is 7.00. The molecule has 0 aromatic heterocycles. The maximum atomic E-state index is 11.9. The van der Waals surface area contributed by atoms with Crippen LogP contribution < -0.4 is 20.3 Å². The summed E-state index contributed by atoms with van der Waals surface area (Å²) in [7, 11) is 1.73. The fourth-order valence-corrected chi connectivity index (χ4v) is 2.16. The number of rotatable bonds is 3. The average Bonchev–Trinajstić information content (AvgIpc) is 2.42. The third-order valence-electron chi connectivity index (χ3n) is 3.24. The summed E-state index contributed by atoms with van der Waals surface area (Å²) >= 11 is 0. The number of amides is 3. The van der Waals surface area contributed by atoms with Crippen LogP contribution in [0.1, 0.15) is 26.3 Å². The van der Waals surface area contributed by atoms with Crippen LogP contribution in [0.5, 0.6) is 5.75 Å². The molecule has 2 rings (SSSR count). The van der Waals surface area contributed by atoms with E-state index in [9.17, 15) is 9.59 Å². The van der Waals surface area contributed by atoms with Crippen LogP contribution in [0.2, 0.25) is 0 Å². The van der Waals surface area contributed by atoms with Crippen LogP contribution in [-0.2, 0) is 11.3 Å². The zero-order valence-electron chi connectivity index (χ0n) is 12.8. The number of fused-ring (bicyclic) bond motifs is 1. The van der Waals surface area contributed by atoms with Crippen molar-refractivity contribution in [2.75, 3.05) is 11.9 Å². The van der Waals surface area contributed by atoms with Gasteiger partial charge in [-0.2, -0.15) is 0 Å². The average molecular weight is 291 g/mol. The molecule has 3 amide bonds. The number of nitrogens with zero attached hydrogens (tertiary/aromatic N) is 1. The number of nitrogens with one attached hydrogen (secondary N) is 2. The molecule has 1 aliphatic heterocycles. The van der Waals surface area contributed by atoms with Gasteiger partial charge in [0.15, 0.2) is 6.10 Å². The second-order valence-electron chi connectivity index (χ2n) is 5.44. The van der Waals surface area contributed by atoms with Gasteiger partial charge in [-0.1, -0.05) is 6.07 Å². The Morgan fingerprint density at radius 3 is 2.81 bits per heavy atom. The van der Waals surface area contributed by atoms with E-state index in [1.54, 1.807) is 18.9 Å². The summed E-state index contributed by atoms with van der Waals surface area (Å²) in [4.78, 5) is 25.1. The fraction of sp³-hybridized carbons (Fsp3) is 0.467. The Labute approximate surface area is 124 Å². The Morgan fingerprint density at radius 1 is 1.43 bits per heavy atom. The van der Waals surface area contributed by atoms with Crippen LogP contribution in [0.15, 0.2) is 18.2 Å². The summed E-state index contributed by atoms with van der Waals surface area (Å²) in [6, 6.07) is 5.44. The molecule has 1 aromatic rings. The number of carbonyl (C=O) groups is 2. The van der Waals surface area contributed by atoms with Gasteiger partial charge in [0, 0.05) is 19.6 Å². The molecule has 6 nitrogen and oxygen atoms in total. The van der Waals surface area contributed by atoms with Crippen molar-refractivity contribution in [2.45, 2.75) is 39.5 Å². The largest absolute Gasteiger partial charge is 0.479 e. The van der Waals surface area contributed by atoms with E-state index < -0.39 is 6.10 Å². The zero-order valence-corrected chi connectivity index (χ0v) is 12.8. The number of hydrogen-bond acceptors (Lipinski definition) is 3. The highest BCUT2D eigenvalue weighted by molar-refractivity contribution is 5.99. The lowest BCUT2D eigenvalue weighted by Gasteiger charge is -2.30. The lowest BCUT2D eigenvalue weighted by molar-refractivity contribution is -0.125. The summed E-state index contributed by atoms with van der Waals surface area (Å²) in [5.41, 5.74) is 1.63. The number of urea groups is 1. The number of ether oxygens (including phenoxy) is 1. The van der Waals surface area contributed by atoms with Gasteiger partial charge >= 0.3 is 6.03 Å². The minimum atomic E-state index is -0.469. The summed E-state index contributed by atoms with van der Waals surface area (Å²) in [5, 5.41) is 5.54. The summed E-state index contributed by atoms with van der Waals surface area (Å²) in [6.45, 7) is 5.92.